The van der Waals surface area contributed by atoms with E-state index in [4.69, 9.17) is 4.42 Å². The van der Waals surface area contributed by atoms with Crippen molar-refractivity contribution in [2.24, 2.45) is 0 Å². The average molecular weight is 395 g/mol. The van der Waals surface area contributed by atoms with Crippen LogP contribution in [0.1, 0.15) is 39.4 Å². The number of furan rings is 1. The Kier molecular flexibility index (Phi) is 5.25. The molecular formula is C21H21N3O3S. The molecule has 1 saturated heterocycles. The fourth-order valence-electron chi connectivity index (χ4n) is 3.25. The van der Waals surface area contributed by atoms with Crippen molar-refractivity contribution in [3.05, 3.63) is 65.1 Å². The third kappa shape index (κ3) is 3.99. The molecule has 2 amide bonds. The predicted molar refractivity (Wildman–Crippen MR) is 107 cm³/mol. The third-order valence-corrected chi connectivity index (χ3v) is 5.78. The van der Waals surface area contributed by atoms with Crippen molar-refractivity contribution in [3.8, 4) is 10.6 Å². The van der Waals surface area contributed by atoms with E-state index in [-0.39, 0.29) is 17.9 Å². The smallest absolute Gasteiger partial charge is 0.289 e. The summed E-state index contributed by atoms with van der Waals surface area (Å²) in [5, 5.41) is 5.68. The molecule has 1 aliphatic heterocycles. The van der Waals surface area contributed by atoms with Crippen molar-refractivity contribution in [3.63, 3.8) is 0 Å². The van der Waals surface area contributed by atoms with Gasteiger partial charge in [-0.25, -0.2) is 4.98 Å². The van der Waals surface area contributed by atoms with Crippen LogP contribution in [0.15, 0.2) is 52.5 Å². The predicted octanol–water partition coefficient (Wildman–Crippen LogP) is 3.75. The molecular weight excluding hydrogens is 374 g/mol. The lowest BCUT2D eigenvalue weighted by Gasteiger charge is -2.31. The van der Waals surface area contributed by atoms with Gasteiger partial charge in [-0.3, -0.25) is 9.59 Å². The highest BCUT2D eigenvalue weighted by molar-refractivity contribution is 7.13. The van der Waals surface area contributed by atoms with Crippen LogP contribution in [0.5, 0.6) is 0 Å². The van der Waals surface area contributed by atoms with E-state index in [2.05, 4.69) is 10.3 Å². The molecule has 0 bridgehead atoms. The van der Waals surface area contributed by atoms with E-state index in [1.807, 2.05) is 31.2 Å². The zero-order valence-corrected chi connectivity index (χ0v) is 16.4. The van der Waals surface area contributed by atoms with E-state index in [0.717, 1.165) is 10.6 Å². The van der Waals surface area contributed by atoms with Gasteiger partial charge in [-0.15, -0.1) is 11.3 Å². The first-order valence-electron chi connectivity index (χ1n) is 9.26. The van der Waals surface area contributed by atoms with Crippen molar-refractivity contribution in [2.75, 3.05) is 13.1 Å². The molecule has 0 aliphatic carbocycles. The number of thiazole rings is 1. The van der Waals surface area contributed by atoms with Crippen LogP contribution in [0, 0.1) is 6.92 Å². The Morgan fingerprint density at radius 2 is 1.93 bits per heavy atom. The van der Waals surface area contributed by atoms with Crippen LogP contribution in [-0.4, -0.2) is 40.8 Å². The van der Waals surface area contributed by atoms with Crippen molar-refractivity contribution < 1.29 is 14.0 Å². The summed E-state index contributed by atoms with van der Waals surface area (Å²) >= 11 is 1.47. The highest BCUT2D eigenvalue weighted by atomic mass is 32.1. The number of aryl methyl sites for hydroxylation is 1. The number of aromatic nitrogens is 1. The van der Waals surface area contributed by atoms with Gasteiger partial charge in [0.15, 0.2) is 5.76 Å². The number of likely N-dealkylation sites (tertiary alicyclic amines) is 1. The van der Waals surface area contributed by atoms with Gasteiger partial charge in [0, 0.05) is 30.1 Å². The molecule has 1 N–H and O–H groups in total. The van der Waals surface area contributed by atoms with E-state index in [9.17, 15) is 9.59 Å². The molecule has 6 nitrogen and oxygen atoms in total. The molecule has 7 heteroatoms. The maximum absolute atomic E-state index is 12.6. The lowest BCUT2D eigenvalue weighted by molar-refractivity contribution is 0.0667. The van der Waals surface area contributed by atoms with Gasteiger partial charge in [-0.2, -0.15) is 0 Å². The molecule has 0 spiro atoms. The summed E-state index contributed by atoms with van der Waals surface area (Å²) in [5.41, 5.74) is 2.64. The van der Waals surface area contributed by atoms with Crippen LogP contribution < -0.4 is 5.32 Å². The number of piperidine rings is 1. The summed E-state index contributed by atoms with van der Waals surface area (Å²) in [4.78, 5) is 31.1. The van der Waals surface area contributed by atoms with E-state index in [1.54, 1.807) is 22.4 Å². The monoisotopic (exact) mass is 395 g/mol. The average Bonchev–Trinajstić information content (AvgIpc) is 3.41. The number of carbonyl (C=O) groups excluding carboxylic acids is 2. The maximum Gasteiger partial charge on any atom is 0.289 e. The van der Waals surface area contributed by atoms with E-state index in [0.29, 0.717) is 37.4 Å². The first-order valence-corrected chi connectivity index (χ1v) is 10.1. The Hall–Kier alpha value is -2.93. The van der Waals surface area contributed by atoms with Gasteiger partial charge in [0.25, 0.3) is 11.8 Å². The number of amides is 2. The van der Waals surface area contributed by atoms with E-state index in [1.165, 1.54) is 23.2 Å². The van der Waals surface area contributed by atoms with Crippen LogP contribution in [0.3, 0.4) is 0 Å². The summed E-state index contributed by atoms with van der Waals surface area (Å²) in [6.07, 6.45) is 2.93. The Morgan fingerprint density at radius 3 is 2.61 bits per heavy atom. The van der Waals surface area contributed by atoms with Gasteiger partial charge >= 0.3 is 0 Å². The van der Waals surface area contributed by atoms with Crippen molar-refractivity contribution in [2.45, 2.75) is 25.8 Å². The van der Waals surface area contributed by atoms with Crippen LogP contribution in [0.25, 0.3) is 10.6 Å². The molecule has 1 fully saturated rings. The molecule has 0 saturated carbocycles. The second kappa shape index (κ2) is 7.98. The first-order chi connectivity index (χ1) is 13.6. The Labute approximate surface area is 167 Å². The summed E-state index contributed by atoms with van der Waals surface area (Å²) in [6.45, 7) is 3.23. The van der Waals surface area contributed by atoms with Gasteiger partial charge in [-0.05, 0) is 31.9 Å². The molecule has 0 atom stereocenters. The zero-order chi connectivity index (χ0) is 19.5. The largest absolute Gasteiger partial charge is 0.459 e. The van der Waals surface area contributed by atoms with Gasteiger partial charge in [0.2, 0.25) is 0 Å². The minimum atomic E-state index is -0.162. The standard InChI is InChI=1S/C21H21N3O3S/c1-14-4-6-15(7-5-14)20-23-17(13-28-20)19(25)22-16-8-10-24(11-9-16)21(26)18-3-2-12-27-18/h2-7,12-13,16H,8-11H2,1H3,(H,22,25). The van der Waals surface area contributed by atoms with Gasteiger partial charge < -0.3 is 14.6 Å². The second-order valence-electron chi connectivity index (χ2n) is 6.92. The van der Waals surface area contributed by atoms with Gasteiger partial charge in [0.05, 0.1) is 6.26 Å². The number of nitrogens with one attached hydrogen (secondary N) is 1. The van der Waals surface area contributed by atoms with Gasteiger partial charge in [0.1, 0.15) is 10.7 Å². The highest BCUT2D eigenvalue weighted by Crippen LogP contribution is 2.24. The molecule has 3 heterocycles. The summed E-state index contributed by atoms with van der Waals surface area (Å²) in [6, 6.07) is 11.5. The molecule has 0 unspecified atom stereocenters. The number of carbonyl (C=O) groups is 2. The molecule has 3 aromatic rings. The van der Waals surface area contributed by atoms with E-state index < -0.39 is 0 Å². The van der Waals surface area contributed by atoms with Crippen LogP contribution >= 0.6 is 11.3 Å². The topological polar surface area (TPSA) is 75.4 Å². The van der Waals surface area contributed by atoms with Gasteiger partial charge in [-0.1, -0.05) is 29.8 Å². The van der Waals surface area contributed by atoms with Crippen LogP contribution in [-0.2, 0) is 0 Å². The maximum atomic E-state index is 12.6. The molecule has 0 radical (unpaired) electrons. The number of benzene rings is 1. The minimum Gasteiger partial charge on any atom is -0.459 e. The molecule has 4 rings (SSSR count). The second-order valence-corrected chi connectivity index (χ2v) is 7.78. The van der Waals surface area contributed by atoms with E-state index >= 15 is 0 Å². The van der Waals surface area contributed by atoms with Crippen molar-refractivity contribution in [1.29, 1.82) is 0 Å². The summed E-state index contributed by atoms with van der Waals surface area (Å²) < 4.78 is 5.17. The molecule has 2 aromatic heterocycles. The number of hydrogen-bond donors (Lipinski definition) is 1. The Bertz CT molecular complexity index is 955. The molecule has 1 aromatic carbocycles. The quantitative estimate of drug-likeness (QED) is 0.730. The van der Waals surface area contributed by atoms with Crippen molar-refractivity contribution >= 4 is 23.2 Å². The fourth-order valence-corrected chi connectivity index (χ4v) is 4.06. The Morgan fingerprint density at radius 1 is 1.18 bits per heavy atom. The number of hydrogen-bond acceptors (Lipinski definition) is 5. The van der Waals surface area contributed by atoms with Crippen molar-refractivity contribution in [1.82, 2.24) is 15.2 Å². The Balaban J connectivity index is 1.32. The van der Waals surface area contributed by atoms with Crippen LogP contribution in [0.2, 0.25) is 0 Å². The lowest BCUT2D eigenvalue weighted by atomic mass is 10.0. The molecule has 28 heavy (non-hydrogen) atoms. The van der Waals surface area contributed by atoms with Crippen LogP contribution in [0.4, 0.5) is 0 Å². The highest BCUT2D eigenvalue weighted by Gasteiger charge is 2.26. The number of nitrogens with zero attached hydrogens (tertiary/aromatic N) is 2. The SMILES string of the molecule is Cc1ccc(-c2nc(C(=O)NC3CCN(C(=O)c4ccco4)CC3)cs2)cc1. The third-order valence-electron chi connectivity index (χ3n) is 4.88. The first kappa shape index (κ1) is 18.4. The fraction of sp³-hybridized carbons (Fsp3) is 0.286. The lowest BCUT2D eigenvalue weighted by Crippen LogP contribution is -2.46. The normalized spacial score (nSPS) is 14.8. The zero-order valence-electron chi connectivity index (χ0n) is 15.6. The summed E-state index contributed by atoms with van der Waals surface area (Å²) in [7, 11) is 0. The molecule has 144 valence electrons. The summed E-state index contributed by atoms with van der Waals surface area (Å²) in [5.74, 6) is 0.0936. The molecule has 1 aliphatic rings. The number of rotatable bonds is 4. The minimum absolute atomic E-state index is 0.0395.